The van der Waals surface area contributed by atoms with E-state index in [9.17, 15) is 4.79 Å². The maximum Gasteiger partial charge on any atom is 0.309 e. The van der Waals surface area contributed by atoms with Crippen molar-refractivity contribution in [3.8, 4) is 0 Å². The van der Waals surface area contributed by atoms with Gasteiger partial charge in [0.05, 0.1) is 5.92 Å². The van der Waals surface area contributed by atoms with Crippen LogP contribution in [0.25, 0.3) is 0 Å². The van der Waals surface area contributed by atoms with Gasteiger partial charge in [-0.2, -0.15) is 0 Å². The SMILES string of the molecule is CCC1C[C@H](CNC)OC1=O. The predicted octanol–water partition coefficient (Wildman–Crippen LogP) is 0.547. The van der Waals surface area contributed by atoms with Crippen molar-refractivity contribution < 1.29 is 9.53 Å². The monoisotopic (exact) mass is 157 g/mol. The standard InChI is InChI=1S/C8H15NO2/c1-3-6-4-7(5-9-2)11-8(6)10/h6-7,9H,3-5H2,1-2H3/t6?,7-/m1/s1. The van der Waals surface area contributed by atoms with Crippen LogP contribution in [-0.2, 0) is 9.53 Å². The average molecular weight is 157 g/mol. The highest BCUT2D eigenvalue weighted by molar-refractivity contribution is 5.74. The lowest BCUT2D eigenvalue weighted by Gasteiger charge is -2.05. The number of cyclic esters (lactones) is 1. The fourth-order valence-electron chi connectivity index (χ4n) is 1.41. The van der Waals surface area contributed by atoms with Gasteiger partial charge in [0.2, 0.25) is 0 Å². The van der Waals surface area contributed by atoms with Crippen molar-refractivity contribution in [3.05, 3.63) is 0 Å². The highest BCUT2D eigenvalue weighted by atomic mass is 16.6. The van der Waals surface area contributed by atoms with Crippen LogP contribution in [0.5, 0.6) is 0 Å². The minimum absolute atomic E-state index is 0.0206. The molecule has 1 aliphatic heterocycles. The Morgan fingerprint density at radius 1 is 1.73 bits per heavy atom. The van der Waals surface area contributed by atoms with Crippen LogP contribution >= 0.6 is 0 Å². The zero-order chi connectivity index (χ0) is 8.27. The van der Waals surface area contributed by atoms with Crippen LogP contribution in [0.1, 0.15) is 19.8 Å². The normalized spacial score (nSPS) is 30.5. The summed E-state index contributed by atoms with van der Waals surface area (Å²) in [6.45, 7) is 2.80. The minimum atomic E-state index is -0.0206. The van der Waals surface area contributed by atoms with Gasteiger partial charge >= 0.3 is 5.97 Å². The minimum Gasteiger partial charge on any atom is -0.461 e. The van der Waals surface area contributed by atoms with E-state index in [1.54, 1.807) is 0 Å². The molecule has 11 heavy (non-hydrogen) atoms. The fourth-order valence-corrected chi connectivity index (χ4v) is 1.41. The van der Waals surface area contributed by atoms with E-state index in [4.69, 9.17) is 4.74 Å². The average Bonchev–Trinajstić information content (AvgIpc) is 2.32. The van der Waals surface area contributed by atoms with Crippen molar-refractivity contribution in [2.24, 2.45) is 5.92 Å². The summed E-state index contributed by atoms with van der Waals surface area (Å²) in [5.41, 5.74) is 0. The third-order valence-corrected chi connectivity index (χ3v) is 2.09. The second-order valence-electron chi connectivity index (χ2n) is 2.96. The van der Waals surface area contributed by atoms with E-state index in [0.717, 1.165) is 19.4 Å². The Balaban J connectivity index is 2.36. The molecule has 0 aliphatic carbocycles. The van der Waals surface area contributed by atoms with Crippen LogP contribution in [0.15, 0.2) is 0 Å². The van der Waals surface area contributed by atoms with Gasteiger partial charge in [0, 0.05) is 6.54 Å². The number of carbonyl (C=O) groups excluding carboxylic acids is 1. The van der Waals surface area contributed by atoms with Crippen LogP contribution in [-0.4, -0.2) is 25.7 Å². The van der Waals surface area contributed by atoms with E-state index in [2.05, 4.69) is 5.32 Å². The molecule has 0 aromatic carbocycles. The molecule has 1 N–H and O–H groups in total. The first-order valence-corrected chi connectivity index (χ1v) is 4.13. The van der Waals surface area contributed by atoms with Gasteiger partial charge in [-0.1, -0.05) is 6.92 Å². The van der Waals surface area contributed by atoms with E-state index < -0.39 is 0 Å². The summed E-state index contributed by atoms with van der Waals surface area (Å²) in [6.07, 6.45) is 1.90. The van der Waals surface area contributed by atoms with Crippen LogP contribution in [0.2, 0.25) is 0 Å². The number of likely N-dealkylation sites (N-methyl/N-ethyl adjacent to an activating group) is 1. The number of esters is 1. The molecule has 1 unspecified atom stereocenters. The maximum atomic E-state index is 11.0. The molecule has 0 radical (unpaired) electrons. The highest BCUT2D eigenvalue weighted by Gasteiger charge is 2.32. The summed E-state index contributed by atoms with van der Waals surface area (Å²) in [7, 11) is 1.87. The molecule has 1 saturated heterocycles. The number of rotatable bonds is 3. The van der Waals surface area contributed by atoms with Crippen LogP contribution in [0, 0.1) is 5.92 Å². The molecule has 1 aliphatic rings. The molecular formula is C8H15NO2. The van der Waals surface area contributed by atoms with E-state index in [1.165, 1.54) is 0 Å². The van der Waals surface area contributed by atoms with Crippen molar-refractivity contribution >= 4 is 5.97 Å². The molecular weight excluding hydrogens is 142 g/mol. The molecule has 1 rings (SSSR count). The second-order valence-corrected chi connectivity index (χ2v) is 2.96. The van der Waals surface area contributed by atoms with E-state index in [0.29, 0.717) is 0 Å². The van der Waals surface area contributed by atoms with E-state index in [-0.39, 0.29) is 18.0 Å². The second kappa shape index (κ2) is 3.72. The lowest BCUT2D eigenvalue weighted by Crippen LogP contribution is -2.23. The predicted molar refractivity (Wildman–Crippen MR) is 42.2 cm³/mol. The van der Waals surface area contributed by atoms with E-state index >= 15 is 0 Å². The number of hydrogen-bond donors (Lipinski definition) is 1. The molecule has 1 heterocycles. The largest absolute Gasteiger partial charge is 0.461 e. The Morgan fingerprint density at radius 2 is 2.45 bits per heavy atom. The van der Waals surface area contributed by atoms with Gasteiger partial charge in [-0.3, -0.25) is 4.79 Å². The zero-order valence-corrected chi connectivity index (χ0v) is 7.09. The highest BCUT2D eigenvalue weighted by Crippen LogP contribution is 2.22. The molecule has 3 nitrogen and oxygen atoms in total. The molecule has 0 spiro atoms. The Labute approximate surface area is 67.1 Å². The van der Waals surface area contributed by atoms with Gasteiger partial charge in [0.1, 0.15) is 6.10 Å². The molecule has 0 aromatic rings. The van der Waals surface area contributed by atoms with Crippen LogP contribution < -0.4 is 5.32 Å². The van der Waals surface area contributed by atoms with Crippen molar-refractivity contribution in [3.63, 3.8) is 0 Å². The number of hydrogen-bond acceptors (Lipinski definition) is 3. The van der Waals surface area contributed by atoms with E-state index in [1.807, 2.05) is 14.0 Å². The molecule has 0 amide bonds. The van der Waals surface area contributed by atoms with Crippen molar-refractivity contribution in [2.75, 3.05) is 13.6 Å². The molecule has 3 heteroatoms. The smallest absolute Gasteiger partial charge is 0.309 e. The first-order valence-electron chi connectivity index (χ1n) is 4.13. The third kappa shape index (κ3) is 1.93. The lowest BCUT2D eigenvalue weighted by atomic mass is 10.0. The molecule has 64 valence electrons. The number of carbonyl (C=O) groups is 1. The first-order chi connectivity index (χ1) is 5.27. The van der Waals surface area contributed by atoms with Crippen molar-refractivity contribution in [1.82, 2.24) is 5.32 Å². The van der Waals surface area contributed by atoms with Gasteiger partial charge in [-0.15, -0.1) is 0 Å². The molecule has 2 atom stereocenters. The van der Waals surface area contributed by atoms with Gasteiger partial charge < -0.3 is 10.1 Å². The lowest BCUT2D eigenvalue weighted by molar-refractivity contribution is -0.144. The topological polar surface area (TPSA) is 38.3 Å². The molecule has 0 bridgehead atoms. The summed E-state index contributed by atoms with van der Waals surface area (Å²) in [4.78, 5) is 11.0. The fraction of sp³-hybridized carbons (Fsp3) is 0.875. The first kappa shape index (κ1) is 8.53. The Kier molecular flexibility index (Phi) is 2.88. The summed E-state index contributed by atoms with van der Waals surface area (Å²) in [5.74, 6) is 0.126. The summed E-state index contributed by atoms with van der Waals surface area (Å²) in [5, 5.41) is 3.00. The number of ether oxygens (including phenoxy) is 1. The van der Waals surface area contributed by atoms with Gasteiger partial charge in [0.25, 0.3) is 0 Å². The molecule has 1 fully saturated rings. The quantitative estimate of drug-likeness (QED) is 0.608. The Bertz CT molecular complexity index is 147. The Hall–Kier alpha value is -0.570. The summed E-state index contributed by atoms with van der Waals surface area (Å²) >= 11 is 0. The zero-order valence-electron chi connectivity index (χ0n) is 7.09. The summed E-state index contributed by atoms with van der Waals surface area (Å²) in [6, 6.07) is 0. The maximum absolute atomic E-state index is 11.0. The van der Waals surface area contributed by atoms with Crippen molar-refractivity contribution in [2.45, 2.75) is 25.9 Å². The summed E-state index contributed by atoms with van der Waals surface area (Å²) < 4.78 is 5.10. The molecule has 0 saturated carbocycles. The third-order valence-electron chi connectivity index (χ3n) is 2.09. The van der Waals surface area contributed by atoms with Crippen molar-refractivity contribution in [1.29, 1.82) is 0 Å². The van der Waals surface area contributed by atoms with Gasteiger partial charge in [-0.25, -0.2) is 0 Å². The van der Waals surface area contributed by atoms with Gasteiger partial charge in [-0.05, 0) is 19.9 Å². The number of nitrogens with one attached hydrogen (secondary N) is 1. The molecule has 0 aromatic heterocycles. The van der Waals surface area contributed by atoms with Crippen LogP contribution in [0.3, 0.4) is 0 Å². The van der Waals surface area contributed by atoms with Crippen LogP contribution in [0.4, 0.5) is 0 Å². The Morgan fingerprint density at radius 3 is 2.91 bits per heavy atom. The van der Waals surface area contributed by atoms with Gasteiger partial charge in [0.15, 0.2) is 0 Å².